The van der Waals surface area contributed by atoms with E-state index in [-0.39, 0.29) is 5.05 Å². The van der Waals surface area contributed by atoms with Crippen LogP contribution in [0.15, 0.2) is 24.3 Å². The molecular formula is C12H8N2O6S. The summed E-state index contributed by atoms with van der Waals surface area (Å²) < 4.78 is 4.68. The van der Waals surface area contributed by atoms with Crippen LogP contribution < -0.4 is 0 Å². The third-order valence-corrected chi connectivity index (χ3v) is 2.71. The molecule has 9 heteroatoms. The minimum atomic E-state index is -1.83. The fourth-order valence-corrected chi connectivity index (χ4v) is 1.91. The molecule has 2 aliphatic heterocycles. The van der Waals surface area contributed by atoms with E-state index in [2.05, 4.69) is 17.0 Å². The summed E-state index contributed by atoms with van der Waals surface area (Å²) in [7, 11) is 0. The third-order valence-electron chi connectivity index (χ3n) is 2.63. The first kappa shape index (κ1) is 14.7. The predicted molar refractivity (Wildman–Crippen MR) is 70.1 cm³/mol. The van der Waals surface area contributed by atoms with Crippen LogP contribution in [0.5, 0.6) is 0 Å². The van der Waals surface area contributed by atoms with Crippen LogP contribution >= 0.6 is 12.2 Å². The van der Waals surface area contributed by atoms with Crippen molar-refractivity contribution >= 4 is 46.9 Å². The highest BCUT2D eigenvalue weighted by Crippen LogP contribution is 2.19. The van der Waals surface area contributed by atoms with Gasteiger partial charge in [0, 0.05) is 31.2 Å². The number of hydrogen-bond acceptors (Lipinski definition) is 7. The SMILES string of the molecule is CC(=S)OC(=O)C(N1C(=O)C=CC1=O)N1C(=O)C=CC1=O. The van der Waals surface area contributed by atoms with Crippen molar-refractivity contribution in [3.8, 4) is 0 Å². The number of amides is 4. The number of esters is 1. The largest absolute Gasteiger partial charge is 0.417 e. The average Bonchev–Trinajstić information content (AvgIpc) is 2.87. The number of hydrogen-bond donors (Lipinski definition) is 0. The summed E-state index contributed by atoms with van der Waals surface area (Å²) in [5, 5.41) is -0.177. The average molecular weight is 308 g/mol. The molecule has 2 aliphatic rings. The van der Waals surface area contributed by atoms with Crippen molar-refractivity contribution in [1.82, 2.24) is 9.80 Å². The Bertz CT molecular complexity index is 572. The molecule has 2 rings (SSSR count). The molecule has 0 aromatic heterocycles. The second kappa shape index (κ2) is 5.37. The zero-order chi connectivity index (χ0) is 15.7. The molecule has 0 aliphatic carbocycles. The number of imide groups is 2. The monoisotopic (exact) mass is 308 g/mol. The Hall–Kier alpha value is -2.68. The van der Waals surface area contributed by atoms with Gasteiger partial charge in [0.05, 0.1) is 0 Å². The summed E-state index contributed by atoms with van der Waals surface area (Å²) in [6, 6.07) is 0. The molecule has 0 saturated carbocycles. The van der Waals surface area contributed by atoms with Crippen LogP contribution in [-0.4, -0.2) is 50.6 Å². The molecule has 0 fully saturated rings. The van der Waals surface area contributed by atoms with E-state index in [4.69, 9.17) is 0 Å². The van der Waals surface area contributed by atoms with E-state index in [9.17, 15) is 24.0 Å². The van der Waals surface area contributed by atoms with Gasteiger partial charge in [-0.25, -0.2) is 14.6 Å². The molecule has 0 aromatic carbocycles. The van der Waals surface area contributed by atoms with Gasteiger partial charge in [-0.1, -0.05) is 0 Å². The van der Waals surface area contributed by atoms with Crippen molar-refractivity contribution in [2.45, 2.75) is 13.1 Å². The standard InChI is InChI=1S/C12H8N2O6S/c1-6(21)20-12(19)11(13-7(15)2-3-8(13)16)14-9(17)4-5-10(14)18/h2-5,11H,1H3. The third kappa shape index (κ3) is 2.63. The Balaban J connectivity index is 2.40. The summed E-state index contributed by atoms with van der Waals surface area (Å²) in [4.78, 5) is 59.8. The van der Waals surface area contributed by atoms with E-state index in [0.717, 1.165) is 24.3 Å². The summed E-state index contributed by atoms with van der Waals surface area (Å²) in [6.07, 6.45) is 1.86. The molecule has 0 saturated heterocycles. The van der Waals surface area contributed by atoms with Gasteiger partial charge in [-0.05, 0) is 12.2 Å². The minimum Gasteiger partial charge on any atom is -0.417 e. The van der Waals surface area contributed by atoms with Crippen LogP contribution in [0.2, 0.25) is 0 Å². The van der Waals surface area contributed by atoms with Gasteiger partial charge < -0.3 is 4.74 Å². The molecule has 0 N–H and O–H groups in total. The van der Waals surface area contributed by atoms with Gasteiger partial charge in [0.2, 0.25) is 6.17 Å². The van der Waals surface area contributed by atoms with Gasteiger partial charge in [0.25, 0.3) is 23.6 Å². The number of carbonyl (C=O) groups excluding carboxylic acids is 5. The highest BCUT2D eigenvalue weighted by molar-refractivity contribution is 7.80. The normalized spacial score (nSPS) is 17.4. The van der Waals surface area contributed by atoms with Crippen LogP contribution in [0.25, 0.3) is 0 Å². The Morgan fingerprint density at radius 2 is 1.29 bits per heavy atom. The molecule has 0 unspecified atom stereocenters. The maximum Gasteiger partial charge on any atom is 0.356 e. The summed E-state index contributed by atoms with van der Waals surface area (Å²) in [5.41, 5.74) is 0. The molecule has 0 bridgehead atoms. The van der Waals surface area contributed by atoms with Gasteiger partial charge in [0.1, 0.15) is 0 Å². The molecule has 21 heavy (non-hydrogen) atoms. The maximum absolute atomic E-state index is 12.1. The molecule has 4 amide bonds. The van der Waals surface area contributed by atoms with Gasteiger partial charge in [-0.15, -0.1) is 0 Å². The van der Waals surface area contributed by atoms with Crippen molar-refractivity contribution in [3.05, 3.63) is 24.3 Å². The van der Waals surface area contributed by atoms with Crippen molar-refractivity contribution in [3.63, 3.8) is 0 Å². The number of nitrogens with zero attached hydrogens (tertiary/aromatic N) is 2. The summed E-state index contributed by atoms with van der Waals surface area (Å²) in [6.45, 7) is 1.29. The van der Waals surface area contributed by atoms with E-state index in [1.807, 2.05) is 0 Å². The molecule has 0 aromatic rings. The zero-order valence-electron chi connectivity index (χ0n) is 10.6. The first-order chi connectivity index (χ1) is 9.82. The number of rotatable bonds is 3. The van der Waals surface area contributed by atoms with Crippen LogP contribution in [0.4, 0.5) is 0 Å². The Labute approximate surface area is 123 Å². The topological polar surface area (TPSA) is 101 Å². The van der Waals surface area contributed by atoms with E-state index < -0.39 is 35.8 Å². The lowest BCUT2D eigenvalue weighted by molar-refractivity contribution is -0.166. The second-order valence-corrected chi connectivity index (χ2v) is 4.62. The second-order valence-electron chi connectivity index (χ2n) is 4.05. The van der Waals surface area contributed by atoms with Crippen molar-refractivity contribution < 1.29 is 28.7 Å². The van der Waals surface area contributed by atoms with Gasteiger partial charge in [-0.2, -0.15) is 0 Å². The Morgan fingerprint density at radius 3 is 1.57 bits per heavy atom. The number of carbonyl (C=O) groups is 5. The lowest BCUT2D eigenvalue weighted by Crippen LogP contribution is -2.58. The van der Waals surface area contributed by atoms with Crippen LogP contribution in [0.1, 0.15) is 6.92 Å². The molecule has 0 radical (unpaired) electrons. The van der Waals surface area contributed by atoms with Gasteiger partial charge in [0.15, 0.2) is 5.05 Å². The summed E-state index contributed by atoms with van der Waals surface area (Å²) in [5.74, 6) is -4.51. The van der Waals surface area contributed by atoms with E-state index in [0.29, 0.717) is 9.80 Å². The summed E-state index contributed by atoms with van der Waals surface area (Å²) >= 11 is 4.61. The van der Waals surface area contributed by atoms with Crippen molar-refractivity contribution in [1.29, 1.82) is 0 Å². The van der Waals surface area contributed by atoms with E-state index >= 15 is 0 Å². The predicted octanol–water partition coefficient (Wildman–Crippen LogP) is -0.947. The number of thiocarbonyl (C=S) groups is 1. The highest BCUT2D eigenvalue weighted by Gasteiger charge is 2.46. The van der Waals surface area contributed by atoms with Crippen LogP contribution in [0.3, 0.4) is 0 Å². The molecule has 0 spiro atoms. The first-order valence-electron chi connectivity index (χ1n) is 5.65. The van der Waals surface area contributed by atoms with Gasteiger partial charge >= 0.3 is 5.97 Å². The molecule has 108 valence electrons. The Morgan fingerprint density at radius 1 is 0.952 bits per heavy atom. The maximum atomic E-state index is 12.1. The molecule has 2 heterocycles. The molecular weight excluding hydrogens is 300 g/mol. The lowest BCUT2D eigenvalue weighted by Gasteiger charge is -2.30. The quantitative estimate of drug-likeness (QED) is 0.376. The van der Waals surface area contributed by atoms with Crippen molar-refractivity contribution in [2.24, 2.45) is 0 Å². The first-order valence-corrected chi connectivity index (χ1v) is 6.06. The van der Waals surface area contributed by atoms with Gasteiger partial charge in [-0.3, -0.25) is 19.2 Å². The van der Waals surface area contributed by atoms with E-state index in [1.54, 1.807) is 0 Å². The van der Waals surface area contributed by atoms with Crippen molar-refractivity contribution in [2.75, 3.05) is 0 Å². The smallest absolute Gasteiger partial charge is 0.356 e. The molecule has 8 nitrogen and oxygen atoms in total. The fourth-order valence-electron chi connectivity index (χ4n) is 1.83. The zero-order valence-corrected chi connectivity index (χ0v) is 11.5. The van der Waals surface area contributed by atoms with E-state index in [1.165, 1.54) is 6.92 Å². The minimum absolute atomic E-state index is 0.177. The highest BCUT2D eigenvalue weighted by atomic mass is 32.1. The lowest BCUT2D eigenvalue weighted by atomic mass is 10.3. The number of ether oxygens (including phenoxy) is 1. The van der Waals surface area contributed by atoms with Crippen LogP contribution in [0, 0.1) is 0 Å². The fraction of sp³-hybridized carbons (Fsp3) is 0.167. The van der Waals surface area contributed by atoms with Crippen LogP contribution in [-0.2, 0) is 28.7 Å². The molecule has 0 atom stereocenters. The Kier molecular flexibility index (Phi) is 3.76.